The van der Waals surface area contributed by atoms with E-state index in [0.29, 0.717) is 0 Å². The lowest BCUT2D eigenvalue weighted by Gasteiger charge is -2.01. The molecule has 0 fully saturated rings. The van der Waals surface area contributed by atoms with E-state index in [1.165, 1.54) is 0 Å². The first-order chi connectivity index (χ1) is 7.31. The molecule has 0 aliphatic carbocycles. The highest BCUT2D eigenvalue weighted by Crippen LogP contribution is 2.30. The van der Waals surface area contributed by atoms with Crippen LogP contribution in [0, 0.1) is 0 Å². The van der Waals surface area contributed by atoms with Gasteiger partial charge in [0.05, 0.1) is 8.15 Å². The van der Waals surface area contributed by atoms with Crippen LogP contribution in [0.25, 0.3) is 11.3 Å². The minimum Gasteiger partial charge on any atom is -0.355 e. The number of aromatic nitrogens is 1. The zero-order chi connectivity index (χ0) is 10.7. The van der Waals surface area contributed by atoms with Crippen molar-refractivity contribution >= 4 is 13.6 Å². The van der Waals surface area contributed by atoms with Crippen molar-refractivity contribution in [3.05, 3.63) is 36.4 Å². The molecule has 2 aromatic rings. The maximum atomic E-state index is 5.23. The van der Waals surface area contributed by atoms with Crippen LogP contribution in [-0.2, 0) is 4.52 Å². The zero-order valence-electron chi connectivity index (χ0n) is 8.68. The molecule has 2 rings (SSSR count). The Morgan fingerprint density at radius 2 is 2.00 bits per heavy atom. The molecule has 0 N–H and O–H groups in total. The van der Waals surface area contributed by atoms with Gasteiger partial charge in [0, 0.05) is 18.7 Å². The minimum absolute atomic E-state index is 0.672. The zero-order valence-corrected chi connectivity index (χ0v) is 9.57. The molecule has 1 heterocycles. The van der Waals surface area contributed by atoms with Crippen LogP contribution in [0.3, 0.4) is 0 Å². The van der Waals surface area contributed by atoms with Crippen LogP contribution in [-0.4, -0.2) is 18.9 Å². The summed E-state index contributed by atoms with van der Waals surface area (Å²) in [5.74, 6) is 0. The van der Waals surface area contributed by atoms with E-state index in [1.807, 2.05) is 43.1 Å². The second-order valence-electron chi connectivity index (χ2n) is 3.10. The lowest BCUT2D eigenvalue weighted by molar-refractivity contribution is 0.428. The maximum Gasteiger partial charge on any atom is 0.185 e. The monoisotopic (exact) mass is 221 g/mol. The van der Waals surface area contributed by atoms with Crippen molar-refractivity contribution in [3.63, 3.8) is 0 Å². The molecule has 4 heteroatoms. The van der Waals surface area contributed by atoms with Crippen LogP contribution >= 0.6 is 8.15 Å². The fraction of sp³-hybridized carbons (Fsp3) is 0.182. The Labute approximate surface area is 89.9 Å². The van der Waals surface area contributed by atoms with Gasteiger partial charge in [-0.05, 0) is 6.66 Å². The standard InChI is InChI=1S/C11H12NO2P/c1-13-15(2)11-8-10(12-14-11)9-6-4-3-5-7-9/h3-8H,1-2H3. The molecule has 0 spiro atoms. The van der Waals surface area contributed by atoms with E-state index in [0.717, 1.165) is 16.8 Å². The van der Waals surface area contributed by atoms with Crippen LogP contribution < -0.4 is 5.50 Å². The molecule has 78 valence electrons. The van der Waals surface area contributed by atoms with E-state index in [4.69, 9.17) is 9.05 Å². The summed E-state index contributed by atoms with van der Waals surface area (Å²) in [5.41, 5.74) is 2.73. The van der Waals surface area contributed by atoms with Crippen molar-refractivity contribution in [2.45, 2.75) is 0 Å². The number of hydrogen-bond acceptors (Lipinski definition) is 3. The lowest BCUT2D eigenvalue weighted by atomic mass is 10.2. The first-order valence-corrected chi connectivity index (χ1v) is 6.32. The van der Waals surface area contributed by atoms with Gasteiger partial charge in [-0.25, -0.2) is 0 Å². The third-order valence-electron chi connectivity index (χ3n) is 2.15. The Bertz CT molecular complexity index is 427. The normalized spacial score (nSPS) is 12.7. The van der Waals surface area contributed by atoms with E-state index in [2.05, 4.69) is 5.16 Å². The van der Waals surface area contributed by atoms with Gasteiger partial charge in [-0.15, -0.1) is 0 Å². The summed E-state index contributed by atoms with van der Waals surface area (Å²) < 4.78 is 10.4. The quantitative estimate of drug-likeness (QED) is 0.747. The Kier molecular flexibility index (Phi) is 3.14. The third kappa shape index (κ3) is 2.25. The molecule has 0 aliphatic heterocycles. The van der Waals surface area contributed by atoms with Crippen molar-refractivity contribution in [1.82, 2.24) is 5.16 Å². The molecule has 0 bridgehead atoms. The van der Waals surface area contributed by atoms with Crippen LogP contribution in [0.2, 0.25) is 0 Å². The highest BCUT2D eigenvalue weighted by atomic mass is 31.1. The first-order valence-electron chi connectivity index (χ1n) is 4.61. The predicted octanol–water partition coefficient (Wildman–Crippen LogP) is 2.64. The summed E-state index contributed by atoms with van der Waals surface area (Å²) in [7, 11) is 1.00. The fourth-order valence-electron chi connectivity index (χ4n) is 1.25. The molecule has 15 heavy (non-hydrogen) atoms. The molecule has 0 radical (unpaired) electrons. The minimum atomic E-state index is -0.672. The molecule has 3 nitrogen and oxygen atoms in total. The van der Waals surface area contributed by atoms with E-state index < -0.39 is 8.15 Å². The average Bonchev–Trinajstić information content (AvgIpc) is 2.78. The smallest absolute Gasteiger partial charge is 0.185 e. The molecule has 1 aromatic heterocycles. The molecule has 0 amide bonds. The molecule has 0 saturated carbocycles. The molecule has 1 unspecified atom stereocenters. The summed E-state index contributed by atoms with van der Waals surface area (Å²) >= 11 is 0. The Hall–Kier alpha value is -1.18. The molecule has 0 aliphatic rings. The predicted molar refractivity (Wildman–Crippen MR) is 61.4 cm³/mol. The van der Waals surface area contributed by atoms with Crippen molar-refractivity contribution in [3.8, 4) is 11.3 Å². The number of rotatable bonds is 3. The molecule has 0 saturated heterocycles. The largest absolute Gasteiger partial charge is 0.355 e. The second kappa shape index (κ2) is 4.56. The number of benzene rings is 1. The van der Waals surface area contributed by atoms with Crippen molar-refractivity contribution in [2.24, 2.45) is 0 Å². The van der Waals surface area contributed by atoms with Crippen LogP contribution in [0.4, 0.5) is 0 Å². The van der Waals surface area contributed by atoms with Crippen molar-refractivity contribution in [2.75, 3.05) is 13.8 Å². The van der Waals surface area contributed by atoms with Crippen LogP contribution in [0.1, 0.15) is 0 Å². The van der Waals surface area contributed by atoms with Gasteiger partial charge in [-0.3, -0.25) is 0 Å². The van der Waals surface area contributed by atoms with E-state index >= 15 is 0 Å². The van der Waals surface area contributed by atoms with Gasteiger partial charge in [0.2, 0.25) is 0 Å². The summed E-state index contributed by atoms with van der Waals surface area (Å²) in [6, 6.07) is 11.9. The molecule has 1 atom stereocenters. The Morgan fingerprint density at radius 3 is 2.67 bits per heavy atom. The SMILES string of the molecule is COP(C)c1cc(-c2ccccc2)no1. The topological polar surface area (TPSA) is 35.3 Å². The van der Waals surface area contributed by atoms with Gasteiger partial charge in [0.15, 0.2) is 5.50 Å². The number of hydrogen-bond donors (Lipinski definition) is 0. The molecular weight excluding hydrogens is 209 g/mol. The highest BCUT2D eigenvalue weighted by molar-refractivity contribution is 7.59. The Balaban J connectivity index is 2.28. The fourth-order valence-corrected chi connectivity index (χ4v) is 1.89. The summed E-state index contributed by atoms with van der Waals surface area (Å²) in [6.45, 7) is 1.99. The van der Waals surface area contributed by atoms with Gasteiger partial charge in [-0.2, -0.15) is 0 Å². The molecule has 1 aromatic carbocycles. The van der Waals surface area contributed by atoms with E-state index in [1.54, 1.807) is 7.11 Å². The summed E-state index contributed by atoms with van der Waals surface area (Å²) in [6.07, 6.45) is 0. The van der Waals surface area contributed by atoms with Gasteiger partial charge in [0.1, 0.15) is 5.69 Å². The van der Waals surface area contributed by atoms with Gasteiger partial charge in [-0.1, -0.05) is 35.5 Å². The third-order valence-corrected chi connectivity index (χ3v) is 3.53. The first kappa shape index (κ1) is 10.3. The van der Waals surface area contributed by atoms with Crippen LogP contribution in [0.15, 0.2) is 40.9 Å². The van der Waals surface area contributed by atoms with Crippen LogP contribution in [0.5, 0.6) is 0 Å². The average molecular weight is 221 g/mol. The Morgan fingerprint density at radius 1 is 1.27 bits per heavy atom. The van der Waals surface area contributed by atoms with Crippen molar-refractivity contribution in [1.29, 1.82) is 0 Å². The lowest BCUT2D eigenvalue weighted by Crippen LogP contribution is -1.95. The number of nitrogens with zero attached hydrogens (tertiary/aromatic N) is 1. The summed E-state index contributed by atoms with van der Waals surface area (Å²) in [5, 5.41) is 4.02. The maximum absolute atomic E-state index is 5.23. The second-order valence-corrected chi connectivity index (χ2v) is 4.90. The van der Waals surface area contributed by atoms with Gasteiger partial charge >= 0.3 is 0 Å². The van der Waals surface area contributed by atoms with Gasteiger partial charge in [0.25, 0.3) is 0 Å². The van der Waals surface area contributed by atoms with E-state index in [-0.39, 0.29) is 0 Å². The summed E-state index contributed by atoms with van der Waals surface area (Å²) in [4.78, 5) is 0. The highest BCUT2D eigenvalue weighted by Gasteiger charge is 2.12. The van der Waals surface area contributed by atoms with E-state index in [9.17, 15) is 0 Å². The molecular formula is C11H12NO2P. The van der Waals surface area contributed by atoms with Crippen molar-refractivity contribution < 1.29 is 9.05 Å². The van der Waals surface area contributed by atoms with Gasteiger partial charge < -0.3 is 9.05 Å².